The van der Waals surface area contributed by atoms with Crippen LogP contribution in [0.5, 0.6) is 0 Å². The number of rotatable bonds is 4. The van der Waals surface area contributed by atoms with Crippen molar-refractivity contribution in [2.24, 2.45) is 11.7 Å². The highest BCUT2D eigenvalue weighted by molar-refractivity contribution is 6.31. The Morgan fingerprint density at radius 3 is 2.26 bits per heavy atom. The van der Waals surface area contributed by atoms with Crippen LogP contribution >= 0.6 is 11.6 Å². The Labute approximate surface area is 142 Å². The van der Waals surface area contributed by atoms with Gasteiger partial charge in [-0.1, -0.05) is 43.6 Å². The van der Waals surface area contributed by atoms with Crippen LogP contribution in [0.1, 0.15) is 19.4 Å². The van der Waals surface area contributed by atoms with Crippen LogP contribution in [0.2, 0.25) is 5.02 Å². The summed E-state index contributed by atoms with van der Waals surface area (Å²) in [6, 6.07) is 6.90. The fraction of sp³-hybridized carbons (Fsp3) is 0.529. The zero-order chi connectivity index (χ0) is 17.0. The minimum atomic E-state index is -0.472. The Bertz CT molecular complexity index is 569. The molecule has 1 aliphatic rings. The first kappa shape index (κ1) is 17.8. The van der Waals surface area contributed by atoms with Crippen molar-refractivity contribution < 1.29 is 9.59 Å². The second-order valence-corrected chi connectivity index (χ2v) is 6.65. The van der Waals surface area contributed by atoms with Crippen molar-refractivity contribution in [3.63, 3.8) is 0 Å². The van der Waals surface area contributed by atoms with Gasteiger partial charge in [0.25, 0.3) is 0 Å². The van der Waals surface area contributed by atoms with E-state index in [4.69, 9.17) is 17.3 Å². The molecule has 2 rings (SSSR count). The lowest BCUT2D eigenvalue weighted by Crippen LogP contribution is -2.55. The summed E-state index contributed by atoms with van der Waals surface area (Å²) in [5, 5.41) is 0.609. The van der Waals surface area contributed by atoms with Crippen LogP contribution < -0.4 is 5.73 Å². The molecule has 0 aliphatic carbocycles. The largest absolute Gasteiger partial charge is 0.339 e. The lowest BCUT2D eigenvalue weighted by atomic mass is 10.0. The molecule has 0 bridgehead atoms. The fourth-order valence-corrected chi connectivity index (χ4v) is 2.79. The van der Waals surface area contributed by atoms with E-state index in [-0.39, 0.29) is 17.7 Å². The van der Waals surface area contributed by atoms with E-state index in [0.29, 0.717) is 37.6 Å². The van der Waals surface area contributed by atoms with E-state index in [1.807, 2.05) is 32.0 Å². The number of hydrogen-bond donors (Lipinski definition) is 1. The Balaban J connectivity index is 1.88. The molecule has 5 nitrogen and oxygen atoms in total. The highest BCUT2D eigenvalue weighted by Gasteiger charge is 2.28. The number of halogens is 1. The molecule has 0 saturated carbocycles. The highest BCUT2D eigenvalue weighted by Crippen LogP contribution is 2.17. The van der Waals surface area contributed by atoms with E-state index in [0.717, 1.165) is 5.56 Å². The summed E-state index contributed by atoms with van der Waals surface area (Å²) in [5.41, 5.74) is 6.75. The van der Waals surface area contributed by atoms with Crippen molar-refractivity contribution in [3.8, 4) is 0 Å². The van der Waals surface area contributed by atoms with Crippen LogP contribution in [0.3, 0.4) is 0 Å². The number of hydrogen-bond acceptors (Lipinski definition) is 3. The van der Waals surface area contributed by atoms with E-state index in [9.17, 15) is 9.59 Å². The summed E-state index contributed by atoms with van der Waals surface area (Å²) in [6.45, 7) is 6.03. The van der Waals surface area contributed by atoms with E-state index in [1.54, 1.807) is 15.9 Å². The monoisotopic (exact) mass is 337 g/mol. The third kappa shape index (κ3) is 4.45. The molecule has 23 heavy (non-hydrogen) atoms. The number of carbonyl (C=O) groups is 2. The number of amides is 2. The molecule has 2 amide bonds. The first-order chi connectivity index (χ1) is 10.9. The average Bonchev–Trinajstić information content (AvgIpc) is 2.55. The van der Waals surface area contributed by atoms with Crippen molar-refractivity contribution in [3.05, 3.63) is 34.9 Å². The average molecular weight is 338 g/mol. The van der Waals surface area contributed by atoms with E-state index >= 15 is 0 Å². The SMILES string of the molecule is CC(C)[C@@H](N)C(=O)N1CCN(C(=O)Cc2ccccc2Cl)CC1. The van der Waals surface area contributed by atoms with Gasteiger partial charge < -0.3 is 15.5 Å². The second kappa shape index (κ2) is 7.79. The normalized spacial score (nSPS) is 16.6. The highest BCUT2D eigenvalue weighted by atomic mass is 35.5. The summed E-state index contributed by atoms with van der Waals surface area (Å²) >= 11 is 6.10. The predicted molar refractivity (Wildman–Crippen MR) is 91.1 cm³/mol. The topological polar surface area (TPSA) is 66.6 Å². The van der Waals surface area contributed by atoms with Gasteiger partial charge >= 0.3 is 0 Å². The maximum Gasteiger partial charge on any atom is 0.239 e. The van der Waals surface area contributed by atoms with Crippen LogP contribution in [0.4, 0.5) is 0 Å². The van der Waals surface area contributed by atoms with Crippen molar-refractivity contribution in [2.75, 3.05) is 26.2 Å². The molecule has 1 aliphatic heterocycles. The summed E-state index contributed by atoms with van der Waals surface area (Å²) < 4.78 is 0. The van der Waals surface area contributed by atoms with Gasteiger partial charge in [0, 0.05) is 31.2 Å². The molecule has 1 atom stereocenters. The standard InChI is InChI=1S/C17H24ClN3O2/c1-12(2)16(19)17(23)21-9-7-20(8-10-21)15(22)11-13-5-3-4-6-14(13)18/h3-6,12,16H,7-11,19H2,1-2H3/t16-/m1/s1. The number of benzene rings is 1. The zero-order valence-electron chi connectivity index (χ0n) is 13.7. The summed E-state index contributed by atoms with van der Waals surface area (Å²) in [5.74, 6) is 0.124. The van der Waals surface area contributed by atoms with Gasteiger partial charge in [0.1, 0.15) is 0 Å². The van der Waals surface area contributed by atoms with E-state index in [2.05, 4.69) is 0 Å². The van der Waals surface area contributed by atoms with Gasteiger partial charge in [-0.05, 0) is 17.5 Å². The van der Waals surface area contributed by atoms with E-state index in [1.165, 1.54) is 0 Å². The predicted octanol–water partition coefficient (Wildman–Crippen LogP) is 1.54. The van der Waals surface area contributed by atoms with Crippen LogP contribution in [0.15, 0.2) is 24.3 Å². The molecule has 1 heterocycles. The molecular formula is C17H24ClN3O2. The van der Waals surface area contributed by atoms with Crippen molar-refractivity contribution >= 4 is 23.4 Å². The quantitative estimate of drug-likeness (QED) is 0.906. The Morgan fingerprint density at radius 2 is 1.70 bits per heavy atom. The number of carbonyl (C=O) groups excluding carboxylic acids is 2. The number of piperazine rings is 1. The van der Waals surface area contributed by atoms with Crippen LogP contribution in [-0.2, 0) is 16.0 Å². The van der Waals surface area contributed by atoms with Gasteiger partial charge in [-0.25, -0.2) is 0 Å². The van der Waals surface area contributed by atoms with Crippen LogP contribution in [0, 0.1) is 5.92 Å². The van der Waals surface area contributed by atoms with Gasteiger partial charge in [0.05, 0.1) is 12.5 Å². The molecule has 1 aromatic rings. The minimum absolute atomic E-state index is 0.0294. The lowest BCUT2D eigenvalue weighted by Gasteiger charge is -2.36. The van der Waals surface area contributed by atoms with Crippen molar-refractivity contribution in [1.82, 2.24) is 9.80 Å². The van der Waals surface area contributed by atoms with Gasteiger partial charge in [-0.15, -0.1) is 0 Å². The van der Waals surface area contributed by atoms with Gasteiger partial charge in [-0.2, -0.15) is 0 Å². The van der Waals surface area contributed by atoms with Crippen molar-refractivity contribution in [2.45, 2.75) is 26.3 Å². The third-order valence-electron chi connectivity index (χ3n) is 4.25. The molecule has 6 heteroatoms. The smallest absolute Gasteiger partial charge is 0.239 e. The lowest BCUT2D eigenvalue weighted by molar-refractivity contribution is -0.140. The van der Waals surface area contributed by atoms with Crippen LogP contribution in [0.25, 0.3) is 0 Å². The molecule has 2 N–H and O–H groups in total. The Hall–Kier alpha value is -1.59. The summed E-state index contributed by atoms with van der Waals surface area (Å²) in [7, 11) is 0. The summed E-state index contributed by atoms with van der Waals surface area (Å²) in [4.78, 5) is 28.1. The minimum Gasteiger partial charge on any atom is -0.339 e. The molecule has 0 radical (unpaired) electrons. The molecule has 0 aromatic heterocycles. The van der Waals surface area contributed by atoms with Gasteiger partial charge in [-0.3, -0.25) is 9.59 Å². The van der Waals surface area contributed by atoms with Crippen molar-refractivity contribution in [1.29, 1.82) is 0 Å². The Morgan fingerprint density at radius 1 is 1.13 bits per heavy atom. The molecule has 1 fully saturated rings. The first-order valence-electron chi connectivity index (χ1n) is 7.95. The first-order valence-corrected chi connectivity index (χ1v) is 8.33. The number of nitrogens with two attached hydrogens (primary N) is 1. The Kier molecular flexibility index (Phi) is 6.02. The van der Waals surface area contributed by atoms with Crippen LogP contribution in [-0.4, -0.2) is 53.8 Å². The second-order valence-electron chi connectivity index (χ2n) is 6.24. The van der Waals surface area contributed by atoms with Gasteiger partial charge in [0.2, 0.25) is 11.8 Å². The molecule has 0 spiro atoms. The molecule has 1 saturated heterocycles. The third-order valence-corrected chi connectivity index (χ3v) is 4.62. The fourth-order valence-electron chi connectivity index (χ4n) is 2.59. The van der Waals surface area contributed by atoms with E-state index < -0.39 is 6.04 Å². The van der Waals surface area contributed by atoms with Gasteiger partial charge in [0.15, 0.2) is 0 Å². The summed E-state index contributed by atoms with van der Waals surface area (Å²) in [6.07, 6.45) is 0.291. The number of nitrogens with zero attached hydrogens (tertiary/aromatic N) is 2. The zero-order valence-corrected chi connectivity index (χ0v) is 14.4. The molecular weight excluding hydrogens is 314 g/mol. The maximum atomic E-state index is 12.4. The maximum absolute atomic E-state index is 12.4. The molecule has 1 aromatic carbocycles. The molecule has 126 valence electrons. The molecule has 0 unspecified atom stereocenters.